The van der Waals surface area contributed by atoms with E-state index in [4.69, 9.17) is 0 Å². The fourth-order valence-corrected chi connectivity index (χ4v) is 1.41. The molecule has 1 atom stereocenters. The Morgan fingerprint density at radius 1 is 1.29 bits per heavy atom. The second-order valence-corrected chi connectivity index (χ2v) is 4.02. The Kier molecular flexibility index (Phi) is 4.37. The van der Waals surface area contributed by atoms with Gasteiger partial charge in [-0.2, -0.15) is 0 Å². The van der Waals surface area contributed by atoms with Crippen LogP contribution in [0.2, 0.25) is 0 Å². The Hall–Kier alpha value is -1.26. The standard InChI is InChI=1S/C12H14F4O/c1-3-8(2)6-9-4-5-10(7-11(9)13)17-12(14,15)16/h4-5,7-8H,3,6H2,1-2H3. The van der Waals surface area contributed by atoms with Crippen molar-refractivity contribution in [2.24, 2.45) is 5.92 Å². The predicted molar refractivity (Wildman–Crippen MR) is 56.2 cm³/mol. The first-order chi connectivity index (χ1) is 7.81. The average molecular weight is 250 g/mol. The first-order valence-corrected chi connectivity index (χ1v) is 5.36. The molecule has 0 N–H and O–H groups in total. The second kappa shape index (κ2) is 5.38. The molecule has 0 amide bonds. The van der Waals surface area contributed by atoms with Gasteiger partial charge in [0, 0.05) is 6.07 Å². The van der Waals surface area contributed by atoms with Crippen molar-refractivity contribution in [3.05, 3.63) is 29.6 Å². The molecule has 17 heavy (non-hydrogen) atoms. The molecule has 1 unspecified atom stereocenters. The lowest BCUT2D eigenvalue weighted by Gasteiger charge is -2.12. The molecular formula is C12H14F4O. The molecule has 0 saturated heterocycles. The maximum atomic E-state index is 13.5. The van der Waals surface area contributed by atoms with Crippen LogP contribution in [0.4, 0.5) is 17.6 Å². The van der Waals surface area contributed by atoms with Gasteiger partial charge in [-0.25, -0.2) is 4.39 Å². The van der Waals surface area contributed by atoms with Gasteiger partial charge in [-0.05, 0) is 24.0 Å². The van der Waals surface area contributed by atoms with Crippen LogP contribution in [0.3, 0.4) is 0 Å². The molecular weight excluding hydrogens is 236 g/mol. The fraction of sp³-hybridized carbons (Fsp3) is 0.500. The summed E-state index contributed by atoms with van der Waals surface area (Å²) in [6.07, 6.45) is -3.39. The van der Waals surface area contributed by atoms with E-state index in [1.54, 1.807) is 0 Å². The van der Waals surface area contributed by atoms with Crippen molar-refractivity contribution in [2.75, 3.05) is 0 Å². The molecule has 0 aliphatic heterocycles. The average Bonchev–Trinajstić information content (AvgIpc) is 2.19. The van der Waals surface area contributed by atoms with Crippen molar-refractivity contribution in [3.8, 4) is 5.75 Å². The van der Waals surface area contributed by atoms with Crippen LogP contribution in [0.25, 0.3) is 0 Å². The SMILES string of the molecule is CCC(C)Cc1ccc(OC(F)(F)F)cc1F. The van der Waals surface area contributed by atoms with Crippen LogP contribution in [-0.2, 0) is 6.42 Å². The zero-order valence-corrected chi connectivity index (χ0v) is 9.64. The summed E-state index contributed by atoms with van der Waals surface area (Å²) in [5, 5.41) is 0. The van der Waals surface area contributed by atoms with E-state index in [1.165, 1.54) is 6.07 Å². The van der Waals surface area contributed by atoms with Gasteiger partial charge < -0.3 is 4.74 Å². The summed E-state index contributed by atoms with van der Waals surface area (Å²) in [7, 11) is 0. The quantitative estimate of drug-likeness (QED) is 0.723. The summed E-state index contributed by atoms with van der Waals surface area (Å²) >= 11 is 0. The lowest BCUT2D eigenvalue weighted by molar-refractivity contribution is -0.274. The van der Waals surface area contributed by atoms with E-state index in [2.05, 4.69) is 4.74 Å². The van der Waals surface area contributed by atoms with Crippen LogP contribution in [0, 0.1) is 11.7 Å². The Bertz CT molecular complexity index is 373. The molecule has 1 nitrogen and oxygen atoms in total. The van der Waals surface area contributed by atoms with Crippen LogP contribution in [0.1, 0.15) is 25.8 Å². The molecule has 0 saturated carbocycles. The predicted octanol–water partition coefficient (Wildman–Crippen LogP) is 4.31. The summed E-state index contributed by atoms with van der Waals surface area (Å²) in [6, 6.07) is 3.24. The monoisotopic (exact) mass is 250 g/mol. The molecule has 1 rings (SSSR count). The van der Waals surface area contributed by atoms with Gasteiger partial charge in [-0.15, -0.1) is 13.2 Å². The van der Waals surface area contributed by atoms with Crippen LogP contribution >= 0.6 is 0 Å². The van der Waals surface area contributed by atoms with E-state index in [0.29, 0.717) is 17.9 Å². The normalized spacial score (nSPS) is 13.5. The number of benzene rings is 1. The molecule has 0 radical (unpaired) electrons. The van der Waals surface area contributed by atoms with Gasteiger partial charge in [-0.3, -0.25) is 0 Å². The Morgan fingerprint density at radius 3 is 2.41 bits per heavy atom. The van der Waals surface area contributed by atoms with Gasteiger partial charge >= 0.3 is 6.36 Å². The minimum absolute atomic E-state index is 0.291. The van der Waals surface area contributed by atoms with Gasteiger partial charge in [0.1, 0.15) is 11.6 Å². The zero-order chi connectivity index (χ0) is 13.1. The van der Waals surface area contributed by atoms with Crippen LogP contribution < -0.4 is 4.74 Å². The topological polar surface area (TPSA) is 9.23 Å². The molecule has 0 aromatic heterocycles. The molecule has 0 aliphatic carbocycles. The largest absolute Gasteiger partial charge is 0.573 e. The highest BCUT2D eigenvalue weighted by molar-refractivity contribution is 5.29. The number of rotatable bonds is 4. The molecule has 1 aromatic carbocycles. The molecule has 0 spiro atoms. The van der Waals surface area contributed by atoms with Crippen LogP contribution in [0.15, 0.2) is 18.2 Å². The number of ether oxygens (including phenoxy) is 1. The van der Waals surface area contributed by atoms with Crippen molar-refractivity contribution < 1.29 is 22.3 Å². The smallest absolute Gasteiger partial charge is 0.406 e. The van der Waals surface area contributed by atoms with Crippen LogP contribution in [-0.4, -0.2) is 6.36 Å². The van der Waals surface area contributed by atoms with Gasteiger partial charge in [0.25, 0.3) is 0 Å². The third-order valence-electron chi connectivity index (χ3n) is 2.52. The summed E-state index contributed by atoms with van der Waals surface area (Å²) in [4.78, 5) is 0. The second-order valence-electron chi connectivity index (χ2n) is 4.02. The van der Waals surface area contributed by atoms with Crippen molar-refractivity contribution in [3.63, 3.8) is 0 Å². The van der Waals surface area contributed by atoms with E-state index >= 15 is 0 Å². The van der Waals surface area contributed by atoms with Gasteiger partial charge in [0.15, 0.2) is 0 Å². The third kappa shape index (κ3) is 4.63. The van der Waals surface area contributed by atoms with Gasteiger partial charge in [0.2, 0.25) is 0 Å². The highest BCUT2D eigenvalue weighted by atomic mass is 19.4. The molecule has 0 fully saturated rings. The van der Waals surface area contributed by atoms with E-state index in [0.717, 1.165) is 18.6 Å². The van der Waals surface area contributed by atoms with Crippen molar-refractivity contribution in [1.82, 2.24) is 0 Å². The summed E-state index contributed by atoms with van der Waals surface area (Å²) in [6.45, 7) is 3.93. The highest BCUT2D eigenvalue weighted by Crippen LogP contribution is 2.25. The lowest BCUT2D eigenvalue weighted by atomic mass is 9.98. The zero-order valence-electron chi connectivity index (χ0n) is 9.64. The lowest BCUT2D eigenvalue weighted by Crippen LogP contribution is -2.17. The number of hydrogen-bond acceptors (Lipinski definition) is 1. The molecule has 96 valence electrons. The summed E-state index contributed by atoms with van der Waals surface area (Å²) < 4.78 is 52.8. The van der Waals surface area contributed by atoms with E-state index < -0.39 is 17.9 Å². The van der Waals surface area contributed by atoms with Crippen LogP contribution in [0.5, 0.6) is 5.75 Å². The Labute approximate surface area is 97.4 Å². The molecule has 0 aliphatic rings. The minimum atomic E-state index is -4.79. The molecule has 0 bridgehead atoms. The maximum absolute atomic E-state index is 13.5. The first-order valence-electron chi connectivity index (χ1n) is 5.36. The van der Waals surface area contributed by atoms with Crippen molar-refractivity contribution >= 4 is 0 Å². The summed E-state index contributed by atoms with van der Waals surface area (Å²) in [5.41, 5.74) is 0.411. The number of halogens is 4. The minimum Gasteiger partial charge on any atom is -0.406 e. The third-order valence-corrected chi connectivity index (χ3v) is 2.52. The molecule has 5 heteroatoms. The van der Waals surface area contributed by atoms with Gasteiger partial charge in [0.05, 0.1) is 0 Å². The summed E-state index contributed by atoms with van der Waals surface area (Å²) in [5.74, 6) is -0.895. The van der Waals surface area contributed by atoms with Crippen molar-refractivity contribution in [1.29, 1.82) is 0 Å². The Balaban J connectivity index is 2.79. The number of hydrogen-bond donors (Lipinski definition) is 0. The van der Waals surface area contributed by atoms with Gasteiger partial charge in [-0.1, -0.05) is 26.3 Å². The fourth-order valence-electron chi connectivity index (χ4n) is 1.41. The van der Waals surface area contributed by atoms with E-state index in [9.17, 15) is 17.6 Å². The highest BCUT2D eigenvalue weighted by Gasteiger charge is 2.31. The maximum Gasteiger partial charge on any atom is 0.573 e. The van der Waals surface area contributed by atoms with E-state index in [1.807, 2.05) is 13.8 Å². The molecule has 0 heterocycles. The first kappa shape index (κ1) is 13.8. The van der Waals surface area contributed by atoms with Crippen molar-refractivity contribution in [2.45, 2.75) is 33.1 Å². The number of alkyl halides is 3. The Morgan fingerprint density at radius 2 is 1.94 bits per heavy atom. The molecule has 1 aromatic rings. The van der Waals surface area contributed by atoms with E-state index in [-0.39, 0.29) is 0 Å².